The van der Waals surface area contributed by atoms with E-state index in [9.17, 15) is 4.39 Å². The molecule has 0 aliphatic heterocycles. The minimum atomic E-state index is -0.418. The summed E-state index contributed by atoms with van der Waals surface area (Å²) in [6.45, 7) is 0. The van der Waals surface area contributed by atoms with Gasteiger partial charge in [-0.15, -0.1) is 0 Å². The second-order valence-electron chi connectivity index (χ2n) is 4.84. The van der Waals surface area contributed by atoms with E-state index in [0.29, 0.717) is 11.2 Å². The highest BCUT2D eigenvalue weighted by molar-refractivity contribution is 5.94. The van der Waals surface area contributed by atoms with Gasteiger partial charge in [-0.25, -0.2) is 9.37 Å². The largest absolute Gasteiger partial charge is 0.396 e. The Morgan fingerprint density at radius 3 is 2.86 bits per heavy atom. The van der Waals surface area contributed by atoms with Gasteiger partial charge in [0, 0.05) is 34.7 Å². The predicted octanol–water partition coefficient (Wildman–Crippen LogP) is 3.30. The molecule has 102 valence electrons. The molecule has 0 unspecified atom stereocenters. The van der Waals surface area contributed by atoms with Gasteiger partial charge in [-0.3, -0.25) is 9.55 Å². The Morgan fingerprint density at radius 1 is 1.05 bits per heavy atom. The third-order valence-electron chi connectivity index (χ3n) is 3.62. The molecule has 0 spiro atoms. The molecule has 1 aromatic carbocycles. The van der Waals surface area contributed by atoms with E-state index in [-0.39, 0.29) is 5.69 Å². The van der Waals surface area contributed by atoms with Crippen molar-refractivity contribution in [3.63, 3.8) is 0 Å². The van der Waals surface area contributed by atoms with Crippen molar-refractivity contribution in [2.75, 3.05) is 5.73 Å². The topological polar surface area (TPSA) is 56.7 Å². The zero-order valence-electron chi connectivity index (χ0n) is 11.0. The Morgan fingerprint density at radius 2 is 1.95 bits per heavy atom. The molecule has 0 bridgehead atoms. The molecule has 0 radical (unpaired) electrons. The van der Waals surface area contributed by atoms with Gasteiger partial charge in [-0.05, 0) is 30.3 Å². The minimum Gasteiger partial charge on any atom is -0.396 e. The molecule has 3 aromatic heterocycles. The van der Waals surface area contributed by atoms with Gasteiger partial charge in [0.05, 0.1) is 17.4 Å². The highest BCUT2D eigenvalue weighted by atomic mass is 19.1. The summed E-state index contributed by atoms with van der Waals surface area (Å²) in [7, 11) is 0. The van der Waals surface area contributed by atoms with E-state index in [4.69, 9.17) is 5.73 Å². The van der Waals surface area contributed by atoms with E-state index >= 15 is 0 Å². The summed E-state index contributed by atoms with van der Waals surface area (Å²) in [6, 6.07) is 8.74. The molecule has 0 fully saturated rings. The quantitative estimate of drug-likeness (QED) is 0.543. The van der Waals surface area contributed by atoms with Crippen LogP contribution in [0.4, 0.5) is 10.1 Å². The average Bonchev–Trinajstić information content (AvgIpc) is 2.95. The van der Waals surface area contributed by atoms with E-state index in [1.807, 2.05) is 22.9 Å². The summed E-state index contributed by atoms with van der Waals surface area (Å²) in [5, 5.41) is 2.54. The van der Waals surface area contributed by atoms with Crippen LogP contribution < -0.4 is 5.73 Å². The van der Waals surface area contributed by atoms with Gasteiger partial charge in [0.1, 0.15) is 11.6 Å². The van der Waals surface area contributed by atoms with Crippen molar-refractivity contribution < 1.29 is 4.39 Å². The third-order valence-corrected chi connectivity index (χ3v) is 3.62. The van der Waals surface area contributed by atoms with Gasteiger partial charge in [-0.1, -0.05) is 0 Å². The molecule has 0 saturated carbocycles. The van der Waals surface area contributed by atoms with Crippen LogP contribution in [0.1, 0.15) is 0 Å². The first-order valence-corrected chi connectivity index (χ1v) is 6.49. The van der Waals surface area contributed by atoms with Crippen molar-refractivity contribution in [1.82, 2.24) is 14.5 Å². The first-order valence-electron chi connectivity index (χ1n) is 6.49. The van der Waals surface area contributed by atoms with E-state index in [1.165, 1.54) is 6.07 Å². The van der Waals surface area contributed by atoms with Crippen molar-refractivity contribution >= 4 is 27.4 Å². The SMILES string of the molecule is Nc1c(F)ccc2cnc(-n3ccc4ccncc43)cc12. The van der Waals surface area contributed by atoms with E-state index in [0.717, 1.165) is 16.3 Å². The number of pyridine rings is 2. The highest BCUT2D eigenvalue weighted by Gasteiger charge is 2.08. The number of hydrogen-bond donors (Lipinski definition) is 1. The monoisotopic (exact) mass is 278 g/mol. The molecule has 4 aromatic rings. The predicted molar refractivity (Wildman–Crippen MR) is 80.7 cm³/mol. The molecule has 0 atom stereocenters. The number of nitrogens with zero attached hydrogens (tertiary/aromatic N) is 3. The van der Waals surface area contributed by atoms with Gasteiger partial charge in [0.2, 0.25) is 0 Å². The number of aromatic nitrogens is 3. The van der Waals surface area contributed by atoms with E-state index < -0.39 is 5.82 Å². The molecule has 0 aliphatic carbocycles. The van der Waals surface area contributed by atoms with Gasteiger partial charge in [0.25, 0.3) is 0 Å². The van der Waals surface area contributed by atoms with Crippen LogP contribution in [0.3, 0.4) is 0 Å². The number of nitrogens with two attached hydrogens (primary N) is 1. The van der Waals surface area contributed by atoms with Crippen molar-refractivity contribution in [3.8, 4) is 5.82 Å². The maximum absolute atomic E-state index is 13.6. The fourth-order valence-electron chi connectivity index (χ4n) is 2.51. The van der Waals surface area contributed by atoms with Gasteiger partial charge in [-0.2, -0.15) is 0 Å². The number of halogens is 1. The summed E-state index contributed by atoms with van der Waals surface area (Å²) in [5.74, 6) is 0.265. The van der Waals surface area contributed by atoms with Crippen molar-refractivity contribution in [3.05, 3.63) is 60.9 Å². The smallest absolute Gasteiger partial charge is 0.146 e. The fraction of sp³-hybridized carbons (Fsp3) is 0. The van der Waals surface area contributed by atoms with Crippen molar-refractivity contribution in [2.45, 2.75) is 0 Å². The molecule has 21 heavy (non-hydrogen) atoms. The van der Waals surface area contributed by atoms with Crippen LogP contribution >= 0.6 is 0 Å². The van der Waals surface area contributed by atoms with Crippen molar-refractivity contribution in [1.29, 1.82) is 0 Å². The summed E-state index contributed by atoms with van der Waals surface area (Å²) >= 11 is 0. The molecule has 3 heterocycles. The third kappa shape index (κ3) is 1.74. The van der Waals surface area contributed by atoms with Crippen LogP contribution in [0.25, 0.3) is 27.5 Å². The normalized spacial score (nSPS) is 11.3. The number of hydrogen-bond acceptors (Lipinski definition) is 3. The summed E-state index contributed by atoms with van der Waals surface area (Å²) in [6.07, 6.45) is 7.13. The van der Waals surface area contributed by atoms with Crippen LogP contribution in [0.15, 0.2) is 55.1 Å². The van der Waals surface area contributed by atoms with Gasteiger partial charge < -0.3 is 5.73 Å². The van der Waals surface area contributed by atoms with Crippen LogP contribution in [0.2, 0.25) is 0 Å². The number of rotatable bonds is 1. The standard InChI is InChI=1S/C16H11FN4/c17-13-2-1-11-8-20-15(7-12(11)16(13)18)21-6-4-10-3-5-19-9-14(10)21/h1-9H,18H2. The van der Waals surface area contributed by atoms with Gasteiger partial charge >= 0.3 is 0 Å². The lowest BCUT2D eigenvalue weighted by atomic mass is 10.1. The highest BCUT2D eigenvalue weighted by Crippen LogP contribution is 2.26. The molecule has 0 saturated heterocycles. The Hall–Kier alpha value is -2.95. The van der Waals surface area contributed by atoms with Crippen LogP contribution in [-0.4, -0.2) is 14.5 Å². The first-order chi connectivity index (χ1) is 10.2. The fourth-order valence-corrected chi connectivity index (χ4v) is 2.51. The molecule has 4 rings (SSSR count). The second kappa shape index (κ2) is 4.28. The maximum atomic E-state index is 13.6. The summed E-state index contributed by atoms with van der Waals surface area (Å²) < 4.78 is 15.5. The van der Waals surface area contributed by atoms with Crippen molar-refractivity contribution in [2.24, 2.45) is 0 Å². The lowest BCUT2D eigenvalue weighted by Crippen LogP contribution is -1.98. The molecular formula is C16H11FN4. The van der Waals surface area contributed by atoms with Crippen LogP contribution in [0, 0.1) is 5.82 Å². The number of anilines is 1. The molecule has 0 amide bonds. The number of benzene rings is 1. The minimum absolute atomic E-state index is 0.144. The summed E-state index contributed by atoms with van der Waals surface area (Å²) in [5.41, 5.74) is 6.92. The zero-order valence-corrected chi connectivity index (χ0v) is 11.0. The molecule has 5 heteroatoms. The Kier molecular flexibility index (Phi) is 2.41. The molecule has 2 N–H and O–H groups in total. The first kappa shape index (κ1) is 11.8. The van der Waals surface area contributed by atoms with E-state index in [1.54, 1.807) is 30.7 Å². The molecule has 0 aliphatic rings. The lowest BCUT2D eigenvalue weighted by molar-refractivity contribution is 0.634. The Labute approximate surface area is 119 Å². The van der Waals surface area contributed by atoms with Crippen LogP contribution in [-0.2, 0) is 0 Å². The number of fused-ring (bicyclic) bond motifs is 2. The molecule has 4 nitrogen and oxygen atoms in total. The maximum Gasteiger partial charge on any atom is 0.146 e. The zero-order chi connectivity index (χ0) is 14.4. The molecular weight excluding hydrogens is 267 g/mol. The van der Waals surface area contributed by atoms with E-state index in [2.05, 4.69) is 9.97 Å². The summed E-state index contributed by atoms with van der Waals surface area (Å²) in [4.78, 5) is 8.56. The second-order valence-corrected chi connectivity index (χ2v) is 4.84. The lowest BCUT2D eigenvalue weighted by Gasteiger charge is -2.08. The average molecular weight is 278 g/mol. The Bertz CT molecular complexity index is 975. The van der Waals surface area contributed by atoms with Gasteiger partial charge in [0.15, 0.2) is 0 Å². The Balaban J connectivity index is 2.00. The van der Waals surface area contributed by atoms with Crippen LogP contribution in [0.5, 0.6) is 0 Å². The number of nitrogen functional groups attached to an aromatic ring is 1.